The van der Waals surface area contributed by atoms with Crippen molar-refractivity contribution in [1.82, 2.24) is 5.32 Å². The van der Waals surface area contributed by atoms with Crippen molar-refractivity contribution in [2.75, 3.05) is 32.8 Å². The number of carbonyl (C=O) groups excluding carboxylic acids is 2. The minimum atomic E-state index is -0.716. The molecule has 0 aromatic heterocycles. The van der Waals surface area contributed by atoms with E-state index >= 15 is 0 Å². The number of fused-ring (bicyclic) bond motifs is 2. The molecular weight excluding hydrogens is 460 g/mol. The third kappa shape index (κ3) is 4.81. The maximum atomic E-state index is 13.0. The molecule has 0 bridgehead atoms. The number of benzene rings is 3. The smallest absolute Gasteiger partial charge is 0.414 e. The Morgan fingerprint density at radius 3 is 2.36 bits per heavy atom. The molecular formula is C28H32N2O6. The molecule has 36 heavy (non-hydrogen) atoms. The summed E-state index contributed by atoms with van der Waals surface area (Å²) in [5.41, 5.74) is 2.24. The quantitative estimate of drug-likeness (QED) is 0.456. The van der Waals surface area contributed by atoms with E-state index in [4.69, 9.17) is 18.9 Å². The van der Waals surface area contributed by atoms with E-state index in [1.54, 1.807) is 32.1 Å². The van der Waals surface area contributed by atoms with Crippen LogP contribution in [0.25, 0.3) is 10.8 Å². The molecule has 8 heteroatoms. The molecule has 3 aromatic rings. The zero-order valence-corrected chi connectivity index (χ0v) is 21.2. The molecule has 0 saturated heterocycles. The van der Waals surface area contributed by atoms with Gasteiger partial charge >= 0.3 is 12.1 Å². The summed E-state index contributed by atoms with van der Waals surface area (Å²) >= 11 is 0. The summed E-state index contributed by atoms with van der Waals surface area (Å²) < 4.78 is 21.6. The second-order valence-corrected chi connectivity index (χ2v) is 8.70. The lowest BCUT2D eigenvalue weighted by molar-refractivity contribution is -0.143. The molecule has 0 saturated carbocycles. The molecule has 190 valence electrons. The average molecular weight is 493 g/mol. The van der Waals surface area contributed by atoms with Crippen molar-refractivity contribution in [3.63, 3.8) is 0 Å². The highest BCUT2D eigenvalue weighted by atomic mass is 16.6. The van der Waals surface area contributed by atoms with Crippen LogP contribution in [0, 0.1) is 0 Å². The van der Waals surface area contributed by atoms with Crippen LogP contribution in [0.5, 0.6) is 11.5 Å². The number of carbonyl (C=O) groups is 2. The molecule has 4 rings (SSSR count). The van der Waals surface area contributed by atoms with Gasteiger partial charge in [0.2, 0.25) is 0 Å². The summed E-state index contributed by atoms with van der Waals surface area (Å²) in [6, 6.07) is 16.3. The number of hydrogen-bond donors (Lipinski definition) is 1. The normalized spacial score (nSPS) is 17.8. The van der Waals surface area contributed by atoms with Crippen molar-refractivity contribution in [2.24, 2.45) is 0 Å². The maximum absolute atomic E-state index is 13.0. The van der Waals surface area contributed by atoms with Crippen LogP contribution in [0.3, 0.4) is 0 Å². The molecule has 1 aliphatic heterocycles. The lowest BCUT2D eigenvalue weighted by Gasteiger charge is -2.40. The Kier molecular flexibility index (Phi) is 7.64. The fourth-order valence-electron chi connectivity index (χ4n) is 4.82. The number of methoxy groups -OCH3 is 3. The van der Waals surface area contributed by atoms with E-state index in [9.17, 15) is 9.59 Å². The highest BCUT2D eigenvalue weighted by Crippen LogP contribution is 2.44. The summed E-state index contributed by atoms with van der Waals surface area (Å²) in [6.45, 7) is 3.99. The summed E-state index contributed by atoms with van der Waals surface area (Å²) in [5, 5.41) is 5.62. The molecule has 3 atom stereocenters. The first-order valence-corrected chi connectivity index (χ1v) is 12.0. The average Bonchev–Trinajstić information content (AvgIpc) is 2.90. The Morgan fingerprint density at radius 1 is 1.00 bits per heavy atom. The molecule has 1 N–H and O–H groups in total. The standard InChI is InChI=1S/C28H32N2O6/c1-6-36-28(32)30-17(2)13-22(21-15-24(33-3)25(34-4)16-23(21)30)29-26(27(31)35-5)20-12-11-18-9-7-8-10-19(18)14-20/h7-12,14-17,22,26,29H,6,13H2,1-5H3/t17-,22+,26?/m1/s1. The van der Waals surface area contributed by atoms with E-state index < -0.39 is 18.1 Å². The second-order valence-electron chi connectivity index (χ2n) is 8.70. The third-order valence-electron chi connectivity index (χ3n) is 6.56. The Hall–Kier alpha value is -3.78. The molecule has 0 radical (unpaired) electrons. The Morgan fingerprint density at radius 2 is 1.69 bits per heavy atom. The molecule has 8 nitrogen and oxygen atoms in total. The molecule has 1 unspecified atom stereocenters. The van der Waals surface area contributed by atoms with Gasteiger partial charge in [-0.15, -0.1) is 0 Å². The monoisotopic (exact) mass is 492 g/mol. The number of nitrogens with one attached hydrogen (secondary N) is 1. The highest BCUT2D eigenvalue weighted by Gasteiger charge is 2.38. The summed E-state index contributed by atoms with van der Waals surface area (Å²) in [5.74, 6) is 0.631. The first-order valence-electron chi connectivity index (χ1n) is 12.0. The predicted octanol–water partition coefficient (Wildman–Crippen LogP) is 5.16. The van der Waals surface area contributed by atoms with Gasteiger partial charge in [0.1, 0.15) is 6.04 Å². The number of esters is 1. The Balaban J connectivity index is 1.78. The fraction of sp³-hybridized carbons (Fsp3) is 0.357. The van der Waals surface area contributed by atoms with Gasteiger partial charge in [-0.05, 0) is 54.3 Å². The number of anilines is 1. The van der Waals surface area contributed by atoms with E-state index in [0.717, 1.165) is 21.9 Å². The number of nitrogens with zero attached hydrogens (tertiary/aromatic N) is 1. The van der Waals surface area contributed by atoms with Crippen molar-refractivity contribution >= 4 is 28.5 Å². The van der Waals surface area contributed by atoms with Crippen molar-refractivity contribution in [3.8, 4) is 11.5 Å². The largest absolute Gasteiger partial charge is 0.493 e. The molecule has 0 fully saturated rings. The zero-order valence-electron chi connectivity index (χ0n) is 21.2. The lowest BCUT2D eigenvalue weighted by atomic mass is 9.90. The topological polar surface area (TPSA) is 86.3 Å². The lowest BCUT2D eigenvalue weighted by Crippen LogP contribution is -2.47. The van der Waals surface area contributed by atoms with Crippen molar-refractivity contribution in [3.05, 3.63) is 65.7 Å². The van der Waals surface area contributed by atoms with Crippen LogP contribution >= 0.6 is 0 Å². The van der Waals surface area contributed by atoms with Crippen molar-refractivity contribution in [2.45, 2.75) is 38.4 Å². The highest BCUT2D eigenvalue weighted by molar-refractivity contribution is 5.91. The molecule has 1 aliphatic rings. The SMILES string of the molecule is CCOC(=O)N1c2cc(OC)c(OC)cc2[C@@H](NC(C(=O)OC)c2ccc3ccccc3c2)C[C@H]1C. The number of hydrogen-bond acceptors (Lipinski definition) is 7. The number of amides is 1. The van der Waals surface area contributed by atoms with Gasteiger partial charge in [-0.1, -0.05) is 36.4 Å². The summed E-state index contributed by atoms with van der Waals surface area (Å²) in [4.78, 5) is 27.5. The predicted molar refractivity (Wildman–Crippen MR) is 138 cm³/mol. The Labute approximate surface area is 211 Å². The minimum absolute atomic E-state index is 0.206. The van der Waals surface area contributed by atoms with Gasteiger partial charge in [0.15, 0.2) is 11.5 Å². The van der Waals surface area contributed by atoms with Gasteiger partial charge in [0.05, 0.1) is 33.6 Å². The third-order valence-corrected chi connectivity index (χ3v) is 6.56. The van der Waals surface area contributed by atoms with Gasteiger partial charge in [0, 0.05) is 18.2 Å². The molecule has 0 aliphatic carbocycles. The zero-order chi connectivity index (χ0) is 25.8. The molecule has 3 aromatic carbocycles. The maximum Gasteiger partial charge on any atom is 0.414 e. The number of ether oxygens (including phenoxy) is 4. The molecule has 1 amide bonds. The molecule has 0 spiro atoms. The minimum Gasteiger partial charge on any atom is -0.493 e. The molecule has 1 heterocycles. The number of rotatable bonds is 7. The van der Waals surface area contributed by atoms with Crippen LogP contribution in [0.1, 0.15) is 43.5 Å². The summed E-state index contributed by atoms with van der Waals surface area (Å²) in [7, 11) is 4.49. The van der Waals surface area contributed by atoms with Gasteiger partial charge in [-0.2, -0.15) is 0 Å². The van der Waals surface area contributed by atoms with Gasteiger partial charge in [-0.25, -0.2) is 9.59 Å². The van der Waals surface area contributed by atoms with E-state index in [2.05, 4.69) is 5.32 Å². The van der Waals surface area contributed by atoms with Crippen LogP contribution in [0.2, 0.25) is 0 Å². The van der Waals surface area contributed by atoms with Gasteiger partial charge in [0.25, 0.3) is 0 Å². The van der Waals surface area contributed by atoms with E-state index in [1.807, 2.05) is 55.5 Å². The van der Waals surface area contributed by atoms with Crippen LogP contribution in [0.15, 0.2) is 54.6 Å². The van der Waals surface area contributed by atoms with Crippen LogP contribution in [-0.2, 0) is 14.3 Å². The van der Waals surface area contributed by atoms with Gasteiger partial charge in [-0.3, -0.25) is 10.2 Å². The van der Waals surface area contributed by atoms with Crippen molar-refractivity contribution in [1.29, 1.82) is 0 Å². The first-order chi connectivity index (χ1) is 17.4. The van der Waals surface area contributed by atoms with Crippen molar-refractivity contribution < 1.29 is 28.5 Å². The Bertz CT molecular complexity index is 1260. The van der Waals surface area contributed by atoms with Crippen LogP contribution in [0.4, 0.5) is 10.5 Å². The van der Waals surface area contributed by atoms with E-state index in [-0.39, 0.29) is 18.7 Å². The van der Waals surface area contributed by atoms with Crippen LogP contribution < -0.4 is 19.7 Å². The second kappa shape index (κ2) is 10.9. The first kappa shape index (κ1) is 25.3. The van der Waals surface area contributed by atoms with E-state index in [1.165, 1.54) is 7.11 Å². The van der Waals surface area contributed by atoms with Gasteiger partial charge < -0.3 is 18.9 Å². The van der Waals surface area contributed by atoms with Crippen LogP contribution in [-0.4, -0.2) is 46.0 Å². The fourth-order valence-corrected chi connectivity index (χ4v) is 4.82. The summed E-state index contributed by atoms with van der Waals surface area (Å²) in [6.07, 6.45) is 0.110. The van der Waals surface area contributed by atoms with E-state index in [0.29, 0.717) is 23.6 Å².